The van der Waals surface area contributed by atoms with E-state index in [0.717, 1.165) is 0 Å². The number of hydrogen-bond acceptors (Lipinski definition) is 5. The van der Waals surface area contributed by atoms with Gasteiger partial charge in [-0.2, -0.15) is 0 Å². The van der Waals surface area contributed by atoms with Crippen molar-refractivity contribution in [1.29, 1.82) is 0 Å². The third-order valence-electron chi connectivity index (χ3n) is 2.69. The van der Waals surface area contributed by atoms with E-state index in [1.807, 2.05) is 0 Å². The Hall–Kier alpha value is -0.820. The number of alkyl halides is 2. The first-order chi connectivity index (χ1) is 9.58. The van der Waals surface area contributed by atoms with E-state index < -0.39 is 11.9 Å². The maximum atomic E-state index is 12.0. The molecule has 0 atom stereocenters. The van der Waals surface area contributed by atoms with Crippen LogP contribution >= 0.6 is 31.9 Å². The van der Waals surface area contributed by atoms with Crippen LogP contribution in [-0.2, 0) is 19.1 Å². The number of carbonyl (C=O) groups is 2. The molecule has 0 aromatic carbocycles. The van der Waals surface area contributed by atoms with Gasteiger partial charge in [-0.3, -0.25) is 0 Å². The fourth-order valence-corrected chi connectivity index (χ4v) is 2.74. The highest BCUT2D eigenvalue weighted by molar-refractivity contribution is 9.09. The minimum Gasteiger partial charge on any atom is -0.463 e. The number of halogens is 2. The van der Waals surface area contributed by atoms with Crippen LogP contribution in [0.5, 0.6) is 0 Å². The molecular formula is C13H17Br2NO4. The molecule has 0 bridgehead atoms. The zero-order valence-electron chi connectivity index (χ0n) is 11.4. The molecule has 112 valence electrons. The van der Waals surface area contributed by atoms with Gasteiger partial charge in [0.05, 0.1) is 24.4 Å². The van der Waals surface area contributed by atoms with E-state index in [4.69, 9.17) is 9.47 Å². The van der Waals surface area contributed by atoms with Gasteiger partial charge in [0.2, 0.25) is 0 Å². The van der Waals surface area contributed by atoms with Gasteiger partial charge >= 0.3 is 11.9 Å². The van der Waals surface area contributed by atoms with Crippen LogP contribution < -0.4 is 5.32 Å². The minimum atomic E-state index is -0.412. The predicted molar refractivity (Wildman–Crippen MR) is 82.7 cm³/mol. The summed E-state index contributed by atoms with van der Waals surface area (Å²) in [7, 11) is 0. The second-order valence-corrected chi connectivity index (χ2v) is 5.05. The van der Waals surface area contributed by atoms with Gasteiger partial charge in [0.25, 0.3) is 0 Å². The Kier molecular flexibility index (Phi) is 7.29. The lowest BCUT2D eigenvalue weighted by atomic mass is 9.98. The van der Waals surface area contributed by atoms with E-state index >= 15 is 0 Å². The van der Waals surface area contributed by atoms with Crippen molar-refractivity contribution < 1.29 is 19.1 Å². The highest BCUT2D eigenvalue weighted by Crippen LogP contribution is 2.26. The Morgan fingerprint density at radius 2 is 1.40 bits per heavy atom. The summed E-state index contributed by atoms with van der Waals surface area (Å²) in [4.78, 5) is 23.9. The number of carbonyl (C=O) groups excluding carboxylic acids is 2. The average Bonchev–Trinajstić information content (AvgIpc) is 2.46. The summed E-state index contributed by atoms with van der Waals surface area (Å²) in [5.74, 6) is -0.824. The molecule has 0 fully saturated rings. The smallest absolute Gasteiger partial charge is 0.336 e. The van der Waals surface area contributed by atoms with Crippen molar-refractivity contribution in [1.82, 2.24) is 5.32 Å². The second-order valence-electron chi connectivity index (χ2n) is 3.92. The third kappa shape index (κ3) is 4.09. The molecule has 0 aromatic rings. The van der Waals surface area contributed by atoms with E-state index in [9.17, 15) is 9.59 Å². The number of hydrogen-bond donors (Lipinski definition) is 1. The summed E-state index contributed by atoms with van der Waals surface area (Å²) in [6.07, 6.45) is 0.215. The van der Waals surface area contributed by atoms with Crippen molar-refractivity contribution in [2.75, 3.05) is 23.9 Å². The summed E-state index contributed by atoms with van der Waals surface area (Å²) in [5.41, 5.74) is 2.34. The molecule has 0 saturated heterocycles. The van der Waals surface area contributed by atoms with Crippen LogP contribution in [0.25, 0.3) is 0 Å². The lowest BCUT2D eigenvalue weighted by molar-refractivity contribution is -0.139. The van der Waals surface area contributed by atoms with Crippen LogP contribution in [-0.4, -0.2) is 35.8 Å². The average molecular weight is 411 g/mol. The van der Waals surface area contributed by atoms with Crippen molar-refractivity contribution in [3.8, 4) is 0 Å². The molecule has 1 rings (SSSR count). The maximum absolute atomic E-state index is 12.0. The Bertz CT molecular complexity index is 417. The maximum Gasteiger partial charge on any atom is 0.336 e. The van der Waals surface area contributed by atoms with Gasteiger partial charge in [-0.05, 0) is 13.8 Å². The quantitative estimate of drug-likeness (QED) is 0.538. The Morgan fingerprint density at radius 3 is 1.70 bits per heavy atom. The highest BCUT2D eigenvalue weighted by atomic mass is 79.9. The molecule has 20 heavy (non-hydrogen) atoms. The fraction of sp³-hybridized carbons (Fsp3) is 0.538. The van der Waals surface area contributed by atoms with Gasteiger partial charge in [-0.25, -0.2) is 9.59 Å². The van der Waals surface area contributed by atoms with Gasteiger partial charge in [-0.15, -0.1) is 0 Å². The Labute approximate surface area is 135 Å². The number of rotatable bonds is 6. The molecule has 0 aliphatic carbocycles. The number of nitrogens with one attached hydrogen (secondary N) is 1. The fourth-order valence-electron chi connectivity index (χ4n) is 1.78. The van der Waals surface area contributed by atoms with Crippen LogP contribution in [0.4, 0.5) is 0 Å². The van der Waals surface area contributed by atoms with Gasteiger partial charge < -0.3 is 14.8 Å². The Balaban J connectivity index is 3.05. The topological polar surface area (TPSA) is 64.6 Å². The normalized spacial score (nSPS) is 15.0. The molecule has 0 radical (unpaired) electrons. The second kappa shape index (κ2) is 8.46. The molecule has 0 saturated carbocycles. The summed E-state index contributed by atoms with van der Waals surface area (Å²) >= 11 is 6.67. The van der Waals surface area contributed by atoms with Crippen LogP contribution in [0.15, 0.2) is 22.5 Å². The molecule has 1 N–H and O–H groups in total. The van der Waals surface area contributed by atoms with Crippen LogP contribution in [0.3, 0.4) is 0 Å². The lowest BCUT2D eigenvalue weighted by Crippen LogP contribution is -2.30. The SMILES string of the molecule is CCOC(=O)C1=C(CBr)NC(CBr)=C(C(=O)OCC)C1. The molecule has 1 aliphatic heterocycles. The monoisotopic (exact) mass is 409 g/mol. The van der Waals surface area contributed by atoms with E-state index in [1.54, 1.807) is 13.8 Å². The van der Waals surface area contributed by atoms with E-state index in [1.165, 1.54) is 0 Å². The summed E-state index contributed by atoms with van der Waals surface area (Å²) < 4.78 is 10.1. The van der Waals surface area contributed by atoms with Crippen LogP contribution in [0, 0.1) is 0 Å². The zero-order valence-corrected chi connectivity index (χ0v) is 14.6. The van der Waals surface area contributed by atoms with Gasteiger partial charge in [0.1, 0.15) is 0 Å². The molecule has 5 nitrogen and oxygen atoms in total. The molecule has 0 unspecified atom stereocenters. The van der Waals surface area contributed by atoms with E-state index in [2.05, 4.69) is 37.2 Å². The standard InChI is InChI=1S/C13H17Br2NO4/c1-3-19-12(17)8-5-9(13(18)20-4-2)11(7-15)16-10(8)6-14/h16H,3-7H2,1-2H3. The Morgan fingerprint density at radius 1 is 1.00 bits per heavy atom. The summed E-state index contributed by atoms with van der Waals surface area (Å²) in [5, 5.41) is 4.06. The van der Waals surface area contributed by atoms with Crippen molar-refractivity contribution in [2.45, 2.75) is 20.3 Å². The minimum absolute atomic E-state index is 0.215. The molecule has 0 amide bonds. The van der Waals surface area contributed by atoms with Crippen LogP contribution in [0.1, 0.15) is 20.3 Å². The molecular weight excluding hydrogens is 394 g/mol. The predicted octanol–water partition coefficient (Wildman–Crippen LogP) is 2.40. The van der Waals surface area contributed by atoms with Crippen molar-refractivity contribution in [3.63, 3.8) is 0 Å². The third-order valence-corrected chi connectivity index (χ3v) is 3.82. The summed E-state index contributed by atoms with van der Waals surface area (Å²) in [6.45, 7) is 4.08. The van der Waals surface area contributed by atoms with Crippen molar-refractivity contribution in [2.24, 2.45) is 0 Å². The van der Waals surface area contributed by atoms with Gasteiger partial charge in [-0.1, -0.05) is 31.9 Å². The molecule has 1 aliphatic rings. The molecule has 1 heterocycles. The largest absolute Gasteiger partial charge is 0.463 e. The van der Waals surface area contributed by atoms with Gasteiger partial charge in [0.15, 0.2) is 0 Å². The van der Waals surface area contributed by atoms with E-state index in [-0.39, 0.29) is 6.42 Å². The molecule has 7 heteroatoms. The van der Waals surface area contributed by atoms with E-state index in [0.29, 0.717) is 46.4 Å². The molecule has 0 spiro atoms. The molecule has 0 aromatic heterocycles. The number of allylic oxidation sites excluding steroid dienone is 2. The number of ether oxygens (including phenoxy) is 2. The van der Waals surface area contributed by atoms with Crippen LogP contribution in [0.2, 0.25) is 0 Å². The lowest BCUT2D eigenvalue weighted by Gasteiger charge is -2.24. The summed E-state index contributed by atoms with van der Waals surface area (Å²) in [6, 6.07) is 0. The number of esters is 2. The van der Waals surface area contributed by atoms with Crippen molar-refractivity contribution in [3.05, 3.63) is 22.5 Å². The first kappa shape index (κ1) is 17.2. The zero-order chi connectivity index (χ0) is 15.1. The van der Waals surface area contributed by atoms with Crippen molar-refractivity contribution >= 4 is 43.8 Å². The first-order valence-corrected chi connectivity index (χ1v) is 8.50. The van der Waals surface area contributed by atoms with Gasteiger partial charge in [0, 0.05) is 28.5 Å². The highest BCUT2D eigenvalue weighted by Gasteiger charge is 2.28. The first-order valence-electron chi connectivity index (χ1n) is 6.26. The number of dihydropyridines is 1.